The smallest absolute Gasteiger partial charge is 0.243 e. The summed E-state index contributed by atoms with van der Waals surface area (Å²) in [4.78, 5) is 0.390. The number of nitrogens with one attached hydrogen (secondary N) is 1. The fraction of sp³-hybridized carbons (Fsp3) is 0.571. The Morgan fingerprint density at radius 3 is 2.95 bits per heavy atom. The number of fused-ring (bicyclic) bond motifs is 1. The van der Waals surface area contributed by atoms with Crippen LogP contribution in [0.5, 0.6) is 0 Å². The second kappa shape index (κ2) is 5.02. The van der Waals surface area contributed by atoms with E-state index in [-0.39, 0.29) is 12.1 Å². The molecule has 0 bridgehead atoms. The third-order valence-electron chi connectivity index (χ3n) is 3.94. The molecule has 5 nitrogen and oxygen atoms in total. The second-order valence-corrected chi connectivity index (χ2v) is 7.45. The van der Waals surface area contributed by atoms with Crippen molar-refractivity contribution in [3.8, 4) is 0 Å². The van der Waals surface area contributed by atoms with Crippen LogP contribution in [0.4, 0.5) is 5.69 Å². The Hall–Kier alpha value is -1.11. The summed E-state index contributed by atoms with van der Waals surface area (Å²) in [6.07, 6.45) is 0.824. The molecule has 0 aliphatic carbocycles. The molecule has 2 unspecified atom stereocenters. The van der Waals surface area contributed by atoms with Crippen LogP contribution in [0.2, 0.25) is 0 Å². The molecule has 0 radical (unpaired) electrons. The lowest BCUT2D eigenvalue weighted by molar-refractivity contribution is -0.0170. The minimum Gasteiger partial charge on any atom is -0.384 e. The number of benzene rings is 1. The van der Waals surface area contributed by atoms with E-state index in [1.165, 1.54) is 0 Å². The molecule has 0 aromatic heterocycles. The summed E-state index contributed by atoms with van der Waals surface area (Å²) in [5.41, 5.74) is 2.13. The molecule has 1 N–H and O–H groups in total. The van der Waals surface area contributed by atoms with Crippen molar-refractivity contribution in [1.82, 2.24) is 4.31 Å². The van der Waals surface area contributed by atoms with Gasteiger partial charge >= 0.3 is 0 Å². The number of nitrogens with zero attached hydrogens (tertiary/aromatic N) is 1. The highest BCUT2D eigenvalue weighted by Gasteiger charge is 2.34. The van der Waals surface area contributed by atoms with Crippen LogP contribution >= 0.6 is 0 Å². The molecule has 1 aromatic carbocycles. The molecule has 2 atom stereocenters. The van der Waals surface area contributed by atoms with Crippen LogP contribution in [-0.4, -0.2) is 44.6 Å². The molecule has 6 heteroatoms. The lowest BCUT2D eigenvalue weighted by Crippen LogP contribution is -2.50. The standard InChI is InChI=1S/C14H20N2O3S/c1-10-9-19-11(2)8-16(10)20(17,18)13-3-4-14-12(7-13)5-6-15-14/h3-4,7,10-11,15H,5-6,8-9H2,1-2H3. The van der Waals surface area contributed by atoms with E-state index in [4.69, 9.17) is 4.74 Å². The normalized spacial score (nSPS) is 27.1. The Bertz CT molecular complexity index is 615. The molecular formula is C14H20N2O3S. The molecule has 2 heterocycles. The average Bonchev–Trinajstić information content (AvgIpc) is 2.88. The van der Waals surface area contributed by atoms with Crippen LogP contribution in [0, 0.1) is 0 Å². The van der Waals surface area contributed by atoms with E-state index in [0.29, 0.717) is 18.0 Å². The maximum absolute atomic E-state index is 12.8. The largest absolute Gasteiger partial charge is 0.384 e. The number of hydrogen-bond acceptors (Lipinski definition) is 4. The summed E-state index contributed by atoms with van der Waals surface area (Å²) in [7, 11) is -3.44. The monoisotopic (exact) mass is 296 g/mol. The van der Waals surface area contributed by atoms with Gasteiger partial charge in [0.05, 0.1) is 17.6 Å². The Labute approximate surface area is 120 Å². The van der Waals surface area contributed by atoms with E-state index in [2.05, 4.69) is 5.32 Å². The summed E-state index contributed by atoms with van der Waals surface area (Å²) in [5, 5.41) is 3.25. The van der Waals surface area contributed by atoms with Crippen molar-refractivity contribution in [3.05, 3.63) is 23.8 Å². The number of ether oxygens (including phenoxy) is 1. The van der Waals surface area contributed by atoms with Gasteiger partial charge in [-0.2, -0.15) is 4.31 Å². The number of hydrogen-bond donors (Lipinski definition) is 1. The van der Waals surface area contributed by atoms with Gasteiger partial charge in [-0.1, -0.05) is 0 Å². The highest BCUT2D eigenvalue weighted by atomic mass is 32.2. The fourth-order valence-corrected chi connectivity index (χ4v) is 4.53. The van der Waals surface area contributed by atoms with Crippen molar-refractivity contribution in [2.75, 3.05) is 25.0 Å². The van der Waals surface area contributed by atoms with Gasteiger partial charge in [0.2, 0.25) is 10.0 Å². The summed E-state index contributed by atoms with van der Waals surface area (Å²) in [6, 6.07) is 5.24. The Balaban J connectivity index is 1.95. The van der Waals surface area contributed by atoms with Gasteiger partial charge in [-0.25, -0.2) is 8.42 Å². The first-order valence-electron chi connectivity index (χ1n) is 6.99. The first kappa shape index (κ1) is 13.9. The van der Waals surface area contributed by atoms with Gasteiger partial charge < -0.3 is 10.1 Å². The number of morpholine rings is 1. The molecule has 1 saturated heterocycles. The molecule has 2 aliphatic rings. The van der Waals surface area contributed by atoms with Crippen LogP contribution in [0.1, 0.15) is 19.4 Å². The van der Waals surface area contributed by atoms with Gasteiger partial charge in [0.1, 0.15) is 0 Å². The maximum Gasteiger partial charge on any atom is 0.243 e. The van der Waals surface area contributed by atoms with Gasteiger partial charge in [-0.05, 0) is 44.0 Å². The fourth-order valence-electron chi connectivity index (χ4n) is 2.78. The van der Waals surface area contributed by atoms with Gasteiger partial charge in [-0.3, -0.25) is 0 Å². The second-order valence-electron chi connectivity index (χ2n) is 5.56. The molecule has 1 fully saturated rings. The van der Waals surface area contributed by atoms with Crippen molar-refractivity contribution < 1.29 is 13.2 Å². The van der Waals surface area contributed by atoms with Crippen LogP contribution in [-0.2, 0) is 21.2 Å². The topological polar surface area (TPSA) is 58.6 Å². The van der Waals surface area contributed by atoms with Crippen molar-refractivity contribution >= 4 is 15.7 Å². The molecule has 2 aliphatic heterocycles. The minimum absolute atomic E-state index is 0.0583. The molecule has 0 saturated carbocycles. The van der Waals surface area contributed by atoms with Crippen LogP contribution in [0.25, 0.3) is 0 Å². The van der Waals surface area contributed by atoms with Gasteiger partial charge in [0, 0.05) is 24.8 Å². The zero-order chi connectivity index (χ0) is 14.3. The Kier molecular flexibility index (Phi) is 3.48. The SMILES string of the molecule is CC1CN(S(=O)(=O)c2ccc3c(c2)CCN3)C(C)CO1. The lowest BCUT2D eigenvalue weighted by atomic mass is 10.2. The van der Waals surface area contributed by atoms with Crippen molar-refractivity contribution in [2.45, 2.75) is 37.3 Å². The van der Waals surface area contributed by atoms with Crippen LogP contribution < -0.4 is 5.32 Å². The third kappa shape index (κ3) is 2.32. The Morgan fingerprint density at radius 2 is 2.15 bits per heavy atom. The summed E-state index contributed by atoms with van der Waals surface area (Å²) in [6.45, 7) is 5.54. The van der Waals surface area contributed by atoms with Gasteiger partial charge in [0.15, 0.2) is 0 Å². The molecule has 0 spiro atoms. The van der Waals surface area contributed by atoms with E-state index >= 15 is 0 Å². The van der Waals surface area contributed by atoms with Crippen LogP contribution in [0.3, 0.4) is 0 Å². The van der Waals surface area contributed by atoms with Gasteiger partial charge in [-0.15, -0.1) is 0 Å². The zero-order valence-corrected chi connectivity index (χ0v) is 12.6. The first-order chi connectivity index (χ1) is 9.48. The van der Waals surface area contributed by atoms with E-state index in [0.717, 1.165) is 24.2 Å². The molecule has 110 valence electrons. The molecule has 20 heavy (non-hydrogen) atoms. The first-order valence-corrected chi connectivity index (χ1v) is 8.43. The van der Waals surface area contributed by atoms with Crippen molar-refractivity contribution in [2.24, 2.45) is 0 Å². The maximum atomic E-state index is 12.8. The average molecular weight is 296 g/mol. The number of sulfonamides is 1. The van der Waals surface area contributed by atoms with E-state index in [1.807, 2.05) is 19.9 Å². The van der Waals surface area contributed by atoms with E-state index < -0.39 is 10.0 Å². The lowest BCUT2D eigenvalue weighted by Gasteiger charge is -2.35. The Morgan fingerprint density at radius 1 is 1.35 bits per heavy atom. The molecule has 1 aromatic rings. The third-order valence-corrected chi connectivity index (χ3v) is 5.92. The zero-order valence-electron chi connectivity index (χ0n) is 11.8. The highest BCUT2D eigenvalue weighted by Crippen LogP contribution is 2.28. The summed E-state index contributed by atoms with van der Waals surface area (Å²) in [5.74, 6) is 0. The minimum atomic E-state index is -3.44. The summed E-state index contributed by atoms with van der Waals surface area (Å²) < 4.78 is 32.7. The predicted molar refractivity (Wildman–Crippen MR) is 77.4 cm³/mol. The van der Waals surface area contributed by atoms with Gasteiger partial charge in [0.25, 0.3) is 0 Å². The van der Waals surface area contributed by atoms with Crippen molar-refractivity contribution in [3.63, 3.8) is 0 Å². The number of rotatable bonds is 2. The van der Waals surface area contributed by atoms with Crippen LogP contribution in [0.15, 0.2) is 23.1 Å². The summed E-state index contributed by atoms with van der Waals surface area (Å²) >= 11 is 0. The van der Waals surface area contributed by atoms with E-state index in [9.17, 15) is 8.42 Å². The number of anilines is 1. The molecular weight excluding hydrogens is 276 g/mol. The quantitative estimate of drug-likeness (QED) is 0.897. The predicted octanol–water partition coefficient (Wildman–Crippen LogP) is 1.45. The highest BCUT2D eigenvalue weighted by molar-refractivity contribution is 7.89. The van der Waals surface area contributed by atoms with E-state index in [1.54, 1.807) is 16.4 Å². The molecule has 3 rings (SSSR count). The van der Waals surface area contributed by atoms with Crippen molar-refractivity contribution in [1.29, 1.82) is 0 Å². The molecule has 0 amide bonds.